The number of pyridine rings is 1. The number of fused-ring (bicyclic) bond motifs is 1. The van der Waals surface area contributed by atoms with Crippen molar-refractivity contribution in [3.8, 4) is 5.75 Å². The maximum atomic E-state index is 13.0. The molecule has 3 N–H and O–H groups in total. The van der Waals surface area contributed by atoms with E-state index in [9.17, 15) is 19.2 Å². The zero-order valence-corrected chi connectivity index (χ0v) is 27.0. The first-order chi connectivity index (χ1) is 22.1. The minimum absolute atomic E-state index is 0.0487. The molecule has 12 heteroatoms. The van der Waals surface area contributed by atoms with E-state index in [1.165, 1.54) is 18.0 Å². The maximum Gasteiger partial charge on any atom is 0.251 e. The Balaban J connectivity index is 1.32. The first kappa shape index (κ1) is 34.0. The van der Waals surface area contributed by atoms with Gasteiger partial charge in [-0.25, -0.2) is 4.98 Å². The number of anilines is 1. The van der Waals surface area contributed by atoms with Gasteiger partial charge in [-0.3, -0.25) is 19.2 Å². The lowest BCUT2D eigenvalue weighted by atomic mass is 10.1. The third-order valence-electron chi connectivity index (χ3n) is 7.03. The van der Waals surface area contributed by atoms with E-state index in [4.69, 9.17) is 27.9 Å². The number of hydrogen-bond acceptors (Lipinski definition) is 6. The molecule has 4 amide bonds. The van der Waals surface area contributed by atoms with Gasteiger partial charge in [0, 0.05) is 60.4 Å². The Hall–Kier alpha value is -4.93. The average Bonchev–Trinajstić information content (AvgIpc) is 3.06. The molecule has 0 saturated heterocycles. The van der Waals surface area contributed by atoms with Crippen molar-refractivity contribution in [3.05, 3.63) is 105 Å². The number of aromatic nitrogens is 1. The summed E-state index contributed by atoms with van der Waals surface area (Å²) in [4.78, 5) is 54.8. The largest absolute Gasteiger partial charge is 0.487 e. The van der Waals surface area contributed by atoms with Crippen molar-refractivity contribution in [2.75, 3.05) is 32.1 Å². The van der Waals surface area contributed by atoms with Gasteiger partial charge in [-0.05, 0) is 55.0 Å². The highest BCUT2D eigenvalue weighted by molar-refractivity contribution is 6.38. The van der Waals surface area contributed by atoms with Gasteiger partial charge in [-0.1, -0.05) is 53.5 Å². The number of hydrogen-bond donors (Lipinski definition) is 3. The topological polar surface area (TPSA) is 130 Å². The number of para-hydroxylation sites is 1. The predicted molar refractivity (Wildman–Crippen MR) is 180 cm³/mol. The number of likely N-dealkylation sites (N-methyl/N-ethyl adjacent to an activating group) is 1. The molecule has 10 nitrogen and oxygen atoms in total. The highest BCUT2D eigenvalue weighted by atomic mass is 35.5. The van der Waals surface area contributed by atoms with Crippen molar-refractivity contribution in [2.45, 2.75) is 20.0 Å². The van der Waals surface area contributed by atoms with Crippen LogP contribution in [0.5, 0.6) is 5.75 Å². The molecule has 0 aliphatic carbocycles. The molecule has 0 aliphatic rings. The third kappa shape index (κ3) is 8.83. The molecule has 0 fully saturated rings. The van der Waals surface area contributed by atoms with Gasteiger partial charge in [-0.2, -0.15) is 0 Å². The van der Waals surface area contributed by atoms with Gasteiger partial charge in [0.15, 0.2) is 0 Å². The number of carbonyl (C=O) groups is 4. The molecule has 1 heterocycles. The van der Waals surface area contributed by atoms with E-state index in [2.05, 4.69) is 20.9 Å². The lowest BCUT2D eigenvalue weighted by Gasteiger charge is -2.21. The van der Waals surface area contributed by atoms with E-state index in [1.54, 1.807) is 49.5 Å². The summed E-state index contributed by atoms with van der Waals surface area (Å²) in [5.74, 6) is -0.777. The quantitative estimate of drug-likeness (QED) is 0.182. The molecular formula is C34H33Cl2N5O5. The van der Waals surface area contributed by atoms with Crippen LogP contribution >= 0.6 is 23.2 Å². The summed E-state index contributed by atoms with van der Waals surface area (Å²) >= 11 is 13.2. The van der Waals surface area contributed by atoms with Gasteiger partial charge in [0.05, 0.1) is 17.3 Å². The van der Waals surface area contributed by atoms with Crippen molar-refractivity contribution >= 4 is 69.5 Å². The Morgan fingerprint density at radius 2 is 1.72 bits per heavy atom. The van der Waals surface area contributed by atoms with E-state index in [1.807, 2.05) is 37.3 Å². The summed E-state index contributed by atoms with van der Waals surface area (Å²) in [6.45, 7) is 1.90. The monoisotopic (exact) mass is 661 g/mol. The number of carbonyl (C=O) groups excluding carboxylic acids is 4. The van der Waals surface area contributed by atoms with E-state index >= 15 is 0 Å². The molecule has 1 aromatic heterocycles. The minimum atomic E-state index is -0.479. The summed E-state index contributed by atoms with van der Waals surface area (Å²) in [5, 5.41) is 9.30. The molecule has 3 aromatic carbocycles. The number of ether oxygens (including phenoxy) is 1. The van der Waals surface area contributed by atoms with E-state index in [0.717, 1.165) is 16.6 Å². The number of aryl methyl sites for hydroxylation is 1. The molecule has 0 aliphatic heterocycles. The predicted octanol–water partition coefficient (Wildman–Crippen LogP) is 5.09. The van der Waals surface area contributed by atoms with E-state index < -0.39 is 11.8 Å². The van der Waals surface area contributed by atoms with Crippen molar-refractivity contribution in [2.24, 2.45) is 0 Å². The summed E-state index contributed by atoms with van der Waals surface area (Å²) in [6, 6.07) is 19.4. The normalized spacial score (nSPS) is 10.9. The molecule has 238 valence electrons. The van der Waals surface area contributed by atoms with Gasteiger partial charge in [0.25, 0.3) is 5.91 Å². The third-order valence-corrected chi connectivity index (χ3v) is 7.80. The second-order valence-corrected chi connectivity index (χ2v) is 11.0. The van der Waals surface area contributed by atoms with Crippen LogP contribution in [0.1, 0.15) is 33.6 Å². The van der Waals surface area contributed by atoms with Crippen LogP contribution < -0.4 is 25.6 Å². The molecule has 0 saturated carbocycles. The first-order valence-electron chi connectivity index (χ1n) is 14.3. The Bertz CT molecular complexity index is 1790. The molecular weight excluding hydrogens is 629 g/mol. The van der Waals surface area contributed by atoms with Crippen LogP contribution in [-0.2, 0) is 21.0 Å². The fourth-order valence-corrected chi connectivity index (χ4v) is 4.98. The summed E-state index contributed by atoms with van der Waals surface area (Å²) in [6.07, 6.45) is 3.04. The van der Waals surface area contributed by atoms with Crippen molar-refractivity contribution in [1.29, 1.82) is 0 Å². The number of amides is 4. The van der Waals surface area contributed by atoms with E-state index in [-0.39, 0.29) is 43.0 Å². The minimum Gasteiger partial charge on any atom is -0.487 e. The summed E-state index contributed by atoms with van der Waals surface area (Å²) in [5.41, 5.74) is 3.59. The fourth-order valence-electron chi connectivity index (χ4n) is 4.37. The van der Waals surface area contributed by atoms with Crippen LogP contribution in [0.25, 0.3) is 17.0 Å². The Labute approximate surface area is 276 Å². The van der Waals surface area contributed by atoms with Crippen molar-refractivity contribution in [3.63, 3.8) is 0 Å². The molecule has 0 atom stereocenters. The SMILES string of the molecule is CNC(=O)CCNC(=O)c1ccc(C=CC(=O)NCC(=O)N(C)c2ccc(Cl)c(COc3cccc4ccc(C)nc34)c2Cl)cc1. The molecule has 0 spiro atoms. The maximum absolute atomic E-state index is 13.0. The highest BCUT2D eigenvalue weighted by Gasteiger charge is 2.19. The van der Waals surface area contributed by atoms with Gasteiger partial charge in [0.1, 0.15) is 17.9 Å². The van der Waals surface area contributed by atoms with Crippen LogP contribution in [0.3, 0.4) is 0 Å². The number of nitrogens with one attached hydrogen (secondary N) is 3. The lowest BCUT2D eigenvalue weighted by Crippen LogP contribution is -2.37. The van der Waals surface area contributed by atoms with Gasteiger partial charge in [-0.15, -0.1) is 0 Å². The average molecular weight is 663 g/mol. The highest BCUT2D eigenvalue weighted by Crippen LogP contribution is 2.35. The van der Waals surface area contributed by atoms with Crippen molar-refractivity contribution in [1.82, 2.24) is 20.9 Å². The first-order valence-corrected chi connectivity index (χ1v) is 15.1. The smallest absolute Gasteiger partial charge is 0.251 e. The number of halogens is 2. The summed E-state index contributed by atoms with van der Waals surface area (Å²) < 4.78 is 6.07. The fraction of sp³-hybridized carbons (Fsp3) is 0.206. The lowest BCUT2D eigenvalue weighted by molar-refractivity contribution is -0.122. The standard InChI is InChI=1S/C34H33Cl2N5O5/c1-21-7-11-23-5-4-6-28(33(23)40-21)46-20-25-26(35)14-15-27(32(25)36)41(3)31(44)19-39-30(43)16-10-22-8-12-24(13-9-22)34(45)38-18-17-29(42)37-2/h4-16H,17-20H2,1-3H3,(H,37,42)(H,38,45)(H,39,43). The number of benzene rings is 3. The number of nitrogens with zero attached hydrogens (tertiary/aromatic N) is 2. The van der Waals surface area contributed by atoms with Gasteiger partial charge in [0.2, 0.25) is 17.7 Å². The van der Waals surface area contributed by atoms with Gasteiger partial charge < -0.3 is 25.6 Å². The zero-order chi connectivity index (χ0) is 33.2. The second-order valence-electron chi connectivity index (χ2n) is 10.2. The van der Waals surface area contributed by atoms with E-state index in [0.29, 0.717) is 33.1 Å². The van der Waals surface area contributed by atoms with Crippen LogP contribution in [0.2, 0.25) is 10.0 Å². The second kappa shape index (κ2) is 15.9. The Morgan fingerprint density at radius 1 is 0.957 bits per heavy atom. The zero-order valence-electron chi connectivity index (χ0n) is 25.5. The molecule has 4 aromatic rings. The molecule has 0 bridgehead atoms. The Kier molecular flexibility index (Phi) is 11.7. The van der Waals surface area contributed by atoms with Crippen LogP contribution in [0.4, 0.5) is 5.69 Å². The molecule has 46 heavy (non-hydrogen) atoms. The number of rotatable bonds is 12. The van der Waals surface area contributed by atoms with Crippen LogP contribution in [0.15, 0.2) is 72.8 Å². The molecule has 0 radical (unpaired) electrons. The van der Waals surface area contributed by atoms with Gasteiger partial charge >= 0.3 is 0 Å². The molecule has 4 rings (SSSR count). The summed E-state index contributed by atoms with van der Waals surface area (Å²) in [7, 11) is 3.08. The Morgan fingerprint density at radius 3 is 2.46 bits per heavy atom. The molecule has 0 unspecified atom stereocenters. The van der Waals surface area contributed by atoms with Crippen molar-refractivity contribution < 1.29 is 23.9 Å². The van der Waals surface area contributed by atoms with Crippen LogP contribution in [0, 0.1) is 6.92 Å². The van der Waals surface area contributed by atoms with Crippen LogP contribution in [-0.4, -0.2) is 55.8 Å².